The highest BCUT2D eigenvalue weighted by molar-refractivity contribution is 5.37. The highest BCUT2D eigenvalue weighted by atomic mass is 16.5. The van der Waals surface area contributed by atoms with Gasteiger partial charge in [-0.3, -0.25) is 4.90 Å². The molecular weight excluding hydrogens is 260 g/mol. The Morgan fingerprint density at radius 1 is 1.29 bits per heavy atom. The minimum Gasteiger partial charge on any atom is -0.496 e. The van der Waals surface area contributed by atoms with E-state index in [1.165, 1.54) is 36.8 Å². The summed E-state index contributed by atoms with van der Waals surface area (Å²) >= 11 is 0. The molecule has 3 nitrogen and oxygen atoms in total. The number of nitrogens with zero attached hydrogens (tertiary/aromatic N) is 1. The molecule has 1 unspecified atom stereocenters. The maximum atomic E-state index is 6.09. The van der Waals surface area contributed by atoms with E-state index >= 15 is 0 Å². The van der Waals surface area contributed by atoms with Crippen molar-refractivity contribution in [2.75, 3.05) is 20.7 Å². The number of rotatable bonds is 5. The Bertz CT molecular complexity index is 453. The normalized spacial score (nSPS) is 24.1. The monoisotopic (exact) mass is 290 g/mol. The highest BCUT2D eigenvalue weighted by Gasteiger charge is 2.27. The summed E-state index contributed by atoms with van der Waals surface area (Å²) in [6, 6.07) is 7.40. The molecule has 3 heteroatoms. The molecule has 118 valence electrons. The zero-order valence-electron chi connectivity index (χ0n) is 13.9. The predicted molar refractivity (Wildman–Crippen MR) is 88.7 cm³/mol. The van der Waals surface area contributed by atoms with Crippen LogP contribution in [-0.4, -0.2) is 31.6 Å². The number of methoxy groups -OCH3 is 1. The zero-order chi connectivity index (χ0) is 15.4. The molecule has 0 amide bonds. The summed E-state index contributed by atoms with van der Waals surface area (Å²) in [7, 11) is 3.95. The summed E-state index contributed by atoms with van der Waals surface area (Å²) < 4.78 is 5.36. The number of aryl methyl sites for hydroxylation is 1. The van der Waals surface area contributed by atoms with Crippen LogP contribution in [0, 0.1) is 12.8 Å². The van der Waals surface area contributed by atoms with Crippen LogP contribution in [0.4, 0.5) is 0 Å². The third kappa shape index (κ3) is 3.78. The van der Waals surface area contributed by atoms with Gasteiger partial charge in [0.1, 0.15) is 5.75 Å². The average Bonchev–Trinajstić information content (AvgIpc) is 2.49. The van der Waals surface area contributed by atoms with Crippen LogP contribution in [0.15, 0.2) is 18.2 Å². The molecule has 0 saturated heterocycles. The van der Waals surface area contributed by atoms with Gasteiger partial charge in [0.05, 0.1) is 7.11 Å². The summed E-state index contributed by atoms with van der Waals surface area (Å²) in [6.45, 7) is 5.12. The van der Waals surface area contributed by atoms with Gasteiger partial charge in [-0.25, -0.2) is 0 Å². The van der Waals surface area contributed by atoms with Gasteiger partial charge in [-0.15, -0.1) is 0 Å². The lowest BCUT2D eigenvalue weighted by atomic mass is 9.86. The number of ether oxygens (including phenoxy) is 1. The molecule has 1 aliphatic carbocycles. The van der Waals surface area contributed by atoms with E-state index in [0.717, 1.165) is 11.7 Å². The van der Waals surface area contributed by atoms with Crippen molar-refractivity contribution in [3.05, 3.63) is 29.3 Å². The second-order valence-electron chi connectivity index (χ2n) is 6.56. The molecule has 0 spiro atoms. The van der Waals surface area contributed by atoms with Gasteiger partial charge in [-0.1, -0.05) is 19.1 Å². The zero-order valence-corrected chi connectivity index (χ0v) is 13.9. The van der Waals surface area contributed by atoms with Crippen LogP contribution in [0.25, 0.3) is 0 Å². The van der Waals surface area contributed by atoms with Crippen molar-refractivity contribution in [2.24, 2.45) is 11.7 Å². The Hall–Kier alpha value is -1.06. The summed E-state index contributed by atoms with van der Waals surface area (Å²) in [5.41, 5.74) is 8.57. The van der Waals surface area contributed by atoms with Crippen molar-refractivity contribution < 1.29 is 4.74 Å². The van der Waals surface area contributed by atoms with E-state index in [2.05, 4.69) is 44.0 Å². The third-order valence-electron chi connectivity index (χ3n) is 5.08. The molecule has 0 radical (unpaired) electrons. The van der Waals surface area contributed by atoms with E-state index < -0.39 is 0 Å². The van der Waals surface area contributed by atoms with Crippen molar-refractivity contribution in [3.8, 4) is 5.75 Å². The first-order valence-electron chi connectivity index (χ1n) is 8.13. The van der Waals surface area contributed by atoms with Gasteiger partial charge in [-0.2, -0.15) is 0 Å². The molecule has 1 atom stereocenters. The number of benzene rings is 1. The van der Waals surface area contributed by atoms with Crippen molar-refractivity contribution in [2.45, 2.75) is 51.6 Å². The van der Waals surface area contributed by atoms with Gasteiger partial charge in [0, 0.05) is 18.6 Å². The first kappa shape index (κ1) is 16.3. The lowest BCUT2D eigenvalue weighted by Gasteiger charge is -2.38. The van der Waals surface area contributed by atoms with Crippen LogP contribution in [0.5, 0.6) is 5.75 Å². The number of hydrogen-bond donors (Lipinski definition) is 1. The molecule has 21 heavy (non-hydrogen) atoms. The minimum absolute atomic E-state index is 0.299. The van der Waals surface area contributed by atoms with Crippen LogP contribution in [0.2, 0.25) is 0 Å². The molecule has 2 N–H and O–H groups in total. The van der Waals surface area contributed by atoms with Gasteiger partial charge >= 0.3 is 0 Å². The Balaban J connectivity index is 2.13. The van der Waals surface area contributed by atoms with Crippen LogP contribution >= 0.6 is 0 Å². The summed E-state index contributed by atoms with van der Waals surface area (Å²) in [4.78, 5) is 2.49. The number of hydrogen-bond acceptors (Lipinski definition) is 3. The molecule has 1 aliphatic rings. The van der Waals surface area contributed by atoms with E-state index in [4.69, 9.17) is 10.5 Å². The Kier molecular flexibility index (Phi) is 5.65. The van der Waals surface area contributed by atoms with E-state index in [9.17, 15) is 0 Å². The predicted octanol–water partition coefficient (Wildman–Crippen LogP) is 3.51. The Morgan fingerprint density at radius 3 is 2.48 bits per heavy atom. The smallest absolute Gasteiger partial charge is 0.121 e. The maximum absolute atomic E-state index is 6.09. The fourth-order valence-electron chi connectivity index (χ4n) is 3.55. The van der Waals surface area contributed by atoms with E-state index in [1.54, 1.807) is 7.11 Å². The second-order valence-corrected chi connectivity index (χ2v) is 6.56. The molecular formula is C18H30N2O. The van der Waals surface area contributed by atoms with Crippen LogP contribution in [-0.2, 0) is 0 Å². The Morgan fingerprint density at radius 2 is 1.95 bits per heavy atom. The van der Waals surface area contributed by atoms with Crippen molar-refractivity contribution in [1.82, 2.24) is 4.90 Å². The highest BCUT2D eigenvalue weighted by Crippen LogP contribution is 2.32. The van der Waals surface area contributed by atoms with Gasteiger partial charge < -0.3 is 10.5 Å². The molecule has 0 aromatic heterocycles. The molecule has 0 bridgehead atoms. The van der Waals surface area contributed by atoms with E-state index in [1.807, 2.05) is 0 Å². The minimum atomic E-state index is 0.299. The molecule has 1 fully saturated rings. The second kappa shape index (κ2) is 7.28. The lowest BCUT2D eigenvalue weighted by Crippen LogP contribution is -2.40. The van der Waals surface area contributed by atoms with Crippen molar-refractivity contribution in [3.63, 3.8) is 0 Å². The van der Waals surface area contributed by atoms with Gasteiger partial charge in [0.25, 0.3) is 0 Å². The third-order valence-corrected chi connectivity index (χ3v) is 5.08. The van der Waals surface area contributed by atoms with Crippen LogP contribution < -0.4 is 10.5 Å². The van der Waals surface area contributed by atoms with Crippen LogP contribution in [0.3, 0.4) is 0 Å². The average molecular weight is 290 g/mol. The van der Waals surface area contributed by atoms with Gasteiger partial charge in [-0.05, 0) is 62.8 Å². The fraction of sp³-hybridized carbons (Fsp3) is 0.667. The summed E-state index contributed by atoms with van der Waals surface area (Å²) in [5, 5.41) is 0. The van der Waals surface area contributed by atoms with E-state index in [0.29, 0.717) is 18.6 Å². The van der Waals surface area contributed by atoms with Crippen molar-refractivity contribution in [1.29, 1.82) is 0 Å². The maximum Gasteiger partial charge on any atom is 0.121 e. The topological polar surface area (TPSA) is 38.5 Å². The molecule has 0 aliphatic heterocycles. The molecule has 1 aromatic rings. The first-order chi connectivity index (χ1) is 10.1. The fourth-order valence-corrected chi connectivity index (χ4v) is 3.55. The largest absolute Gasteiger partial charge is 0.496 e. The van der Waals surface area contributed by atoms with Gasteiger partial charge in [0.2, 0.25) is 0 Å². The Labute approximate surface area is 129 Å². The first-order valence-corrected chi connectivity index (χ1v) is 8.13. The standard InChI is InChI=1S/C18H30N2O/c1-13-5-8-16(9-6-13)20(3)17(12-19)15-7-10-18(21-4)14(2)11-15/h7,10-11,13,16-17H,5-6,8-9,12,19H2,1-4H3. The number of nitrogens with two attached hydrogens (primary N) is 1. The molecule has 2 rings (SSSR count). The van der Waals surface area contributed by atoms with Crippen LogP contribution in [0.1, 0.15) is 49.8 Å². The molecule has 1 saturated carbocycles. The number of likely N-dealkylation sites (N-methyl/N-ethyl adjacent to an activating group) is 1. The van der Waals surface area contributed by atoms with E-state index in [-0.39, 0.29) is 0 Å². The van der Waals surface area contributed by atoms with Crippen molar-refractivity contribution >= 4 is 0 Å². The van der Waals surface area contributed by atoms with Gasteiger partial charge in [0.15, 0.2) is 0 Å². The lowest BCUT2D eigenvalue weighted by molar-refractivity contribution is 0.126. The summed E-state index contributed by atoms with van der Waals surface area (Å²) in [6.07, 6.45) is 5.27. The molecule has 0 heterocycles. The SMILES string of the molecule is COc1ccc(C(CN)N(C)C2CCC(C)CC2)cc1C. The molecule has 1 aromatic carbocycles. The quantitative estimate of drug-likeness (QED) is 0.902. The summed E-state index contributed by atoms with van der Waals surface area (Å²) in [5.74, 6) is 1.83.